The summed E-state index contributed by atoms with van der Waals surface area (Å²) in [4.78, 5) is 55.0. The van der Waals surface area contributed by atoms with Crippen molar-refractivity contribution < 1.29 is 37.8 Å². The molecule has 3 saturated carbocycles. The van der Waals surface area contributed by atoms with Crippen molar-refractivity contribution in [3.8, 4) is 23.8 Å². The number of hydrogen-bond donors (Lipinski definition) is 1. The van der Waals surface area contributed by atoms with Crippen molar-refractivity contribution in [2.24, 2.45) is 16.7 Å². The average Bonchev–Trinajstić information content (AvgIpc) is 3.20. The molecule has 1 aliphatic heterocycles. The van der Waals surface area contributed by atoms with Crippen molar-refractivity contribution in [1.29, 1.82) is 0 Å². The Hall–Kier alpha value is -5.05. The van der Waals surface area contributed by atoms with Crippen LogP contribution in [0.4, 0.5) is 10.1 Å². The summed E-state index contributed by atoms with van der Waals surface area (Å²) in [5, 5.41) is 2.57. The van der Waals surface area contributed by atoms with Crippen molar-refractivity contribution in [2.45, 2.75) is 130 Å². The van der Waals surface area contributed by atoms with Crippen LogP contribution in [0.2, 0.25) is 0 Å². The van der Waals surface area contributed by atoms with Gasteiger partial charge in [0.15, 0.2) is 11.6 Å². The van der Waals surface area contributed by atoms with Gasteiger partial charge in [0.2, 0.25) is 0 Å². The third-order valence-corrected chi connectivity index (χ3v) is 14.0. The normalized spacial score (nSPS) is 25.4. The van der Waals surface area contributed by atoms with E-state index in [9.17, 15) is 19.2 Å². The molecule has 0 radical (unpaired) electrons. The molecule has 3 aromatic rings. The Kier molecular flexibility index (Phi) is 13.0. The molecule has 1 N–H and O–H groups in total. The number of morpholine rings is 1. The molecule has 1 heterocycles. The van der Waals surface area contributed by atoms with Gasteiger partial charge in [0.25, 0.3) is 5.91 Å². The zero-order valence-corrected chi connectivity index (χ0v) is 37.5. The number of hydrogen-bond acceptors (Lipinski definition) is 9. The number of rotatable bonds is 14. The minimum Gasteiger partial charge on any atom is -0.490 e. The lowest BCUT2D eigenvalue weighted by atomic mass is 9.44. The van der Waals surface area contributed by atoms with Gasteiger partial charge in [-0.3, -0.25) is 24.1 Å². The van der Waals surface area contributed by atoms with Crippen molar-refractivity contribution in [1.82, 2.24) is 10.2 Å². The Bertz CT molecular complexity index is 2200. The monoisotopic (exact) mass is 847 g/mol. The first-order chi connectivity index (χ1) is 29.3. The van der Waals surface area contributed by atoms with Crippen molar-refractivity contribution in [2.75, 3.05) is 31.1 Å². The average molecular weight is 848 g/mol. The molecule has 4 fully saturated rings. The maximum atomic E-state index is 15.1. The van der Waals surface area contributed by atoms with Gasteiger partial charge in [-0.25, -0.2) is 4.39 Å². The topological polar surface area (TPSA) is 114 Å². The highest BCUT2D eigenvalue weighted by atomic mass is 19.1. The van der Waals surface area contributed by atoms with E-state index in [-0.39, 0.29) is 89.3 Å². The van der Waals surface area contributed by atoms with Crippen molar-refractivity contribution >= 4 is 28.9 Å². The highest BCUT2D eigenvalue weighted by Crippen LogP contribution is 2.62. The van der Waals surface area contributed by atoms with Gasteiger partial charge in [-0.15, -0.1) is 6.42 Å². The van der Waals surface area contributed by atoms with Crippen LogP contribution in [-0.2, 0) is 14.3 Å². The second-order valence-electron chi connectivity index (χ2n) is 19.4. The van der Waals surface area contributed by atoms with E-state index in [0.717, 1.165) is 66.2 Å². The molecule has 4 aliphatic rings. The van der Waals surface area contributed by atoms with E-state index in [1.807, 2.05) is 38.1 Å². The van der Waals surface area contributed by atoms with Crippen LogP contribution in [0, 0.1) is 48.8 Å². The molecule has 10 nitrogen and oxygen atoms in total. The predicted molar refractivity (Wildman–Crippen MR) is 237 cm³/mol. The molecule has 62 heavy (non-hydrogen) atoms. The van der Waals surface area contributed by atoms with E-state index in [0.29, 0.717) is 18.8 Å². The minimum atomic E-state index is -0.781. The second-order valence-corrected chi connectivity index (χ2v) is 19.4. The number of aryl methyl sites for hydroxylation is 2. The quantitative estimate of drug-likeness (QED) is 0.0978. The summed E-state index contributed by atoms with van der Waals surface area (Å²) in [6, 6.07) is 16.0. The Morgan fingerprint density at radius 3 is 2.27 bits per heavy atom. The van der Waals surface area contributed by atoms with Crippen LogP contribution >= 0.6 is 0 Å². The molecule has 1 saturated heterocycles. The largest absolute Gasteiger partial charge is 0.490 e. The van der Waals surface area contributed by atoms with Crippen LogP contribution in [0.1, 0.15) is 117 Å². The highest BCUT2D eigenvalue weighted by Gasteiger charge is 2.63. The number of nitrogens with one attached hydrogen (secondary N) is 1. The van der Waals surface area contributed by atoms with Gasteiger partial charge in [-0.2, -0.15) is 0 Å². The fourth-order valence-electron chi connectivity index (χ4n) is 10.7. The van der Waals surface area contributed by atoms with Gasteiger partial charge in [-0.1, -0.05) is 33.6 Å². The smallest absolute Gasteiger partial charge is 0.254 e. The number of Topliss-reactive ketones (excluding diaryl/α,β-unsaturated/α-hetero) is 3. The Labute approximate surface area is 366 Å². The maximum Gasteiger partial charge on any atom is 0.254 e. The Morgan fingerprint density at radius 2 is 1.66 bits per heavy atom. The minimum absolute atomic E-state index is 0.00838. The summed E-state index contributed by atoms with van der Waals surface area (Å²) in [7, 11) is 0. The van der Waals surface area contributed by atoms with Gasteiger partial charge < -0.3 is 24.4 Å². The van der Waals surface area contributed by atoms with Gasteiger partial charge >= 0.3 is 0 Å². The lowest BCUT2D eigenvalue weighted by molar-refractivity contribution is -0.196. The Morgan fingerprint density at radius 1 is 0.984 bits per heavy atom. The van der Waals surface area contributed by atoms with E-state index in [1.54, 1.807) is 6.07 Å². The maximum absolute atomic E-state index is 15.1. The van der Waals surface area contributed by atoms with Crippen molar-refractivity contribution in [3.63, 3.8) is 0 Å². The van der Waals surface area contributed by atoms with Crippen LogP contribution in [-0.4, -0.2) is 90.8 Å². The molecule has 3 aliphatic carbocycles. The van der Waals surface area contributed by atoms with E-state index in [1.165, 1.54) is 12.1 Å². The molecule has 1 amide bonds. The second kappa shape index (κ2) is 18.0. The lowest BCUT2D eigenvalue weighted by Gasteiger charge is -2.63. The van der Waals surface area contributed by atoms with E-state index < -0.39 is 17.8 Å². The number of ether oxygens (including phenoxy) is 3. The van der Waals surface area contributed by atoms with E-state index in [2.05, 4.69) is 74.7 Å². The Balaban J connectivity index is 0.887. The van der Waals surface area contributed by atoms with E-state index in [4.69, 9.17) is 20.6 Å². The highest BCUT2D eigenvalue weighted by molar-refractivity contribution is 6.06. The van der Waals surface area contributed by atoms with E-state index >= 15 is 4.39 Å². The number of benzene rings is 3. The lowest BCUT2D eigenvalue weighted by Crippen LogP contribution is -2.66. The number of nitrogens with zero attached hydrogens (tertiary/aromatic N) is 2. The van der Waals surface area contributed by atoms with Gasteiger partial charge in [0.1, 0.15) is 35.3 Å². The summed E-state index contributed by atoms with van der Waals surface area (Å²) in [6.45, 7) is 20.1. The first kappa shape index (κ1) is 45.0. The van der Waals surface area contributed by atoms with Crippen molar-refractivity contribution in [3.05, 3.63) is 88.2 Å². The van der Waals surface area contributed by atoms with Gasteiger partial charge in [0, 0.05) is 91.1 Å². The molecule has 0 unspecified atom stereocenters. The summed E-state index contributed by atoms with van der Waals surface area (Å²) >= 11 is 0. The SMILES string of the molecule is C#Cc1c(C)cc(OC2C(C)(C)C(CC(=O)c3ccc(N4CCO[C@H](CN(C(C)C)C5CC(Oc6ccc(C(=O)N[C@H]7CCC(=O)CC7=O)c(F)c6)C5)C4)cc3)C2(C)C)cc1C. The van der Waals surface area contributed by atoms with Crippen LogP contribution in [0.5, 0.6) is 11.5 Å². The molecule has 0 bridgehead atoms. The molecular formula is C51H62FN3O7. The molecule has 11 heteroatoms. The fraction of sp³-hybridized carbons (Fsp3) is 0.529. The zero-order chi connectivity index (χ0) is 44.7. The number of anilines is 1. The molecule has 7 rings (SSSR count). The predicted octanol–water partition coefficient (Wildman–Crippen LogP) is 8.07. The third kappa shape index (κ3) is 9.33. The number of amides is 1. The number of carbonyl (C=O) groups excluding carboxylic acids is 4. The number of terminal acetylenes is 1. The number of ketones is 3. The first-order valence-electron chi connectivity index (χ1n) is 22.2. The summed E-state index contributed by atoms with van der Waals surface area (Å²) in [6.07, 6.45) is 7.81. The van der Waals surface area contributed by atoms with Gasteiger partial charge in [0.05, 0.1) is 30.7 Å². The van der Waals surface area contributed by atoms with Gasteiger partial charge in [-0.05, 0) is 99.7 Å². The third-order valence-electron chi connectivity index (χ3n) is 14.0. The van der Waals surface area contributed by atoms with Crippen LogP contribution in [0.3, 0.4) is 0 Å². The fourth-order valence-corrected chi connectivity index (χ4v) is 10.7. The van der Waals surface area contributed by atoms with Crippen LogP contribution in [0.25, 0.3) is 0 Å². The first-order valence-corrected chi connectivity index (χ1v) is 22.2. The molecule has 0 spiro atoms. The summed E-state index contributed by atoms with van der Waals surface area (Å²) < 4.78 is 34.1. The number of halogens is 1. The molecular weight excluding hydrogens is 786 g/mol. The molecule has 3 aromatic carbocycles. The zero-order valence-electron chi connectivity index (χ0n) is 37.5. The van der Waals surface area contributed by atoms with Crippen LogP contribution in [0.15, 0.2) is 54.6 Å². The standard InChI is InChI=1S/C51H62FN3O7/c1-10-41-31(4)21-38(22-32(41)5)62-49-50(6,7)47(51(49,8)9)27-45(57)33-11-13-34(14-12-33)54-19-20-60-40(28-54)29-55(30(2)3)35-23-39(24-35)61-37-16-17-42(43(52)26-37)48(59)53-44-18-15-36(56)25-46(44)58/h1,11-14,16-17,21-22,26,30,35,39-40,44,47,49H,15,18-20,23-25,27-29H2,2-9H3,(H,53,59)/t35?,39?,40-,44-,47?,49?/m0/s1. The van der Waals surface area contributed by atoms with Crippen LogP contribution < -0.4 is 19.7 Å². The summed E-state index contributed by atoms with van der Waals surface area (Å²) in [5.74, 6) is 2.33. The molecule has 0 aromatic heterocycles. The number of carbonyl (C=O) groups is 4. The summed E-state index contributed by atoms with van der Waals surface area (Å²) in [5.41, 5.74) is 4.16. The molecule has 2 atom stereocenters. The molecule has 330 valence electrons.